The van der Waals surface area contributed by atoms with E-state index >= 15 is 0 Å². The van der Waals surface area contributed by atoms with Gasteiger partial charge in [0.05, 0.1) is 0 Å². The minimum absolute atomic E-state index is 0.365. The van der Waals surface area contributed by atoms with E-state index in [1.807, 2.05) is 11.3 Å². The summed E-state index contributed by atoms with van der Waals surface area (Å²) in [6, 6.07) is 2.90. The van der Waals surface area contributed by atoms with Crippen molar-refractivity contribution in [2.75, 3.05) is 20.6 Å². The molecule has 1 aromatic heterocycles. The van der Waals surface area contributed by atoms with Crippen LogP contribution in [0.15, 0.2) is 16.8 Å². The molecule has 0 aromatic carbocycles. The molecular weight excluding hydrogens is 276 g/mol. The van der Waals surface area contributed by atoms with Gasteiger partial charge in [-0.25, -0.2) is 0 Å². The van der Waals surface area contributed by atoms with Crippen molar-refractivity contribution in [3.8, 4) is 0 Å². The van der Waals surface area contributed by atoms with Gasteiger partial charge in [-0.2, -0.15) is 11.3 Å². The lowest BCUT2D eigenvalue weighted by Gasteiger charge is -2.49. The second-order valence-electron chi connectivity index (χ2n) is 6.74. The van der Waals surface area contributed by atoms with Crippen LogP contribution in [0.2, 0.25) is 0 Å². The molecule has 1 heterocycles. The maximum absolute atomic E-state index is 3.89. The van der Waals surface area contributed by atoms with Gasteiger partial charge >= 0.3 is 0 Å². The van der Waals surface area contributed by atoms with Gasteiger partial charge in [0.1, 0.15) is 0 Å². The van der Waals surface area contributed by atoms with Gasteiger partial charge < -0.3 is 10.2 Å². The molecule has 1 aliphatic rings. The third-order valence-corrected chi connectivity index (χ3v) is 5.93. The fourth-order valence-electron chi connectivity index (χ4n) is 3.90. The van der Waals surface area contributed by atoms with E-state index in [2.05, 4.69) is 48.1 Å². The van der Waals surface area contributed by atoms with Crippen molar-refractivity contribution in [1.29, 1.82) is 0 Å². The Balaban J connectivity index is 2.07. The first kappa shape index (κ1) is 17.0. The van der Waals surface area contributed by atoms with E-state index in [1.165, 1.54) is 56.9 Å². The number of rotatable bonds is 8. The number of thiophene rings is 1. The molecule has 0 radical (unpaired) electrons. The SMILES string of the molecule is CCCNC(CCc1ccsc1)C1(N(C)C)CCCCC1. The quantitative estimate of drug-likeness (QED) is 0.769. The van der Waals surface area contributed by atoms with E-state index in [-0.39, 0.29) is 0 Å². The number of nitrogens with zero attached hydrogens (tertiary/aromatic N) is 1. The predicted octanol–water partition coefficient (Wildman–Crippen LogP) is 4.31. The second kappa shape index (κ2) is 8.30. The maximum atomic E-state index is 3.89. The van der Waals surface area contributed by atoms with Crippen LogP contribution in [0.25, 0.3) is 0 Å². The van der Waals surface area contributed by atoms with Crippen LogP contribution in [0.3, 0.4) is 0 Å². The maximum Gasteiger partial charge on any atom is 0.0356 e. The summed E-state index contributed by atoms with van der Waals surface area (Å²) in [6.45, 7) is 3.41. The molecular formula is C18H32N2S. The standard InChI is InChI=1S/C18H32N2S/c1-4-13-19-17(9-8-16-10-14-21-15-16)18(20(2)3)11-6-5-7-12-18/h10,14-15,17,19H,4-9,11-13H2,1-3H3. The average Bonchev–Trinajstić information content (AvgIpc) is 3.01. The number of nitrogens with one attached hydrogen (secondary N) is 1. The van der Waals surface area contributed by atoms with Gasteiger partial charge in [-0.1, -0.05) is 26.2 Å². The summed E-state index contributed by atoms with van der Waals surface area (Å²) < 4.78 is 0. The highest BCUT2D eigenvalue weighted by molar-refractivity contribution is 7.07. The lowest BCUT2D eigenvalue weighted by atomic mass is 9.73. The molecule has 0 saturated heterocycles. The predicted molar refractivity (Wildman–Crippen MR) is 94.2 cm³/mol. The molecule has 1 unspecified atom stereocenters. The molecule has 0 bridgehead atoms. The summed E-state index contributed by atoms with van der Waals surface area (Å²) in [7, 11) is 4.58. The van der Waals surface area contributed by atoms with Gasteiger partial charge in [-0.15, -0.1) is 0 Å². The number of hydrogen-bond donors (Lipinski definition) is 1. The van der Waals surface area contributed by atoms with Crippen LogP contribution in [0.5, 0.6) is 0 Å². The van der Waals surface area contributed by atoms with E-state index in [0.29, 0.717) is 11.6 Å². The van der Waals surface area contributed by atoms with Crippen LogP contribution in [0, 0.1) is 0 Å². The highest BCUT2D eigenvalue weighted by Crippen LogP contribution is 2.36. The van der Waals surface area contributed by atoms with Gasteiger partial charge in [-0.05, 0) is 75.1 Å². The molecule has 1 fully saturated rings. The van der Waals surface area contributed by atoms with E-state index in [1.54, 1.807) is 0 Å². The minimum atomic E-state index is 0.365. The summed E-state index contributed by atoms with van der Waals surface area (Å²) in [4.78, 5) is 2.52. The van der Waals surface area contributed by atoms with Crippen LogP contribution in [0.1, 0.15) is 57.4 Å². The Morgan fingerprint density at radius 2 is 2.05 bits per heavy atom. The molecule has 2 rings (SSSR count). The van der Waals surface area contributed by atoms with Crippen LogP contribution in [0.4, 0.5) is 0 Å². The van der Waals surface area contributed by atoms with Gasteiger partial charge in [0.2, 0.25) is 0 Å². The number of likely N-dealkylation sites (N-methyl/N-ethyl adjacent to an activating group) is 1. The summed E-state index contributed by atoms with van der Waals surface area (Å²) in [5, 5.41) is 8.39. The molecule has 0 spiro atoms. The molecule has 1 saturated carbocycles. The van der Waals surface area contributed by atoms with Gasteiger partial charge in [0.15, 0.2) is 0 Å². The van der Waals surface area contributed by atoms with Crippen LogP contribution in [-0.2, 0) is 6.42 Å². The van der Waals surface area contributed by atoms with Crippen LogP contribution < -0.4 is 5.32 Å². The Bertz CT molecular complexity index is 380. The van der Waals surface area contributed by atoms with Gasteiger partial charge in [0, 0.05) is 11.6 Å². The molecule has 1 aromatic rings. The first-order valence-electron chi connectivity index (χ1n) is 8.61. The molecule has 2 nitrogen and oxygen atoms in total. The largest absolute Gasteiger partial charge is 0.312 e. The second-order valence-corrected chi connectivity index (χ2v) is 7.52. The lowest BCUT2D eigenvalue weighted by molar-refractivity contribution is 0.0536. The van der Waals surface area contributed by atoms with Crippen molar-refractivity contribution in [2.45, 2.75) is 69.9 Å². The zero-order valence-electron chi connectivity index (χ0n) is 14.0. The Morgan fingerprint density at radius 3 is 2.62 bits per heavy atom. The summed E-state index contributed by atoms with van der Waals surface area (Å²) in [5.74, 6) is 0. The molecule has 3 heteroatoms. The smallest absolute Gasteiger partial charge is 0.0356 e. The normalized spacial score (nSPS) is 19.8. The summed E-state index contributed by atoms with van der Waals surface area (Å²) in [5.41, 5.74) is 1.87. The van der Waals surface area contributed by atoms with Crippen molar-refractivity contribution in [1.82, 2.24) is 10.2 Å². The Kier molecular flexibility index (Phi) is 6.72. The molecule has 1 atom stereocenters. The molecule has 120 valence electrons. The minimum Gasteiger partial charge on any atom is -0.312 e. The number of aryl methyl sites for hydroxylation is 1. The van der Waals surface area contributed by atoms with E-state index in [0.717, 1.165) is 6.54 Å². The first-order chi connectivity index (χ1) is 10.2. The zero-order chi connectivity index (χ0) is 15.1. The van der Waals surface area contributed by atoms with Crippen molar-refractivity contribution in [2.24, 2.45) is 0 Å². The van der Waals surface area contributed by atoms with E-state index < -0.39 is 0 Å². The van der Waals surface area contributed by atoms with Gasteiger partial charge in [0.25, 0.3) is 0 Å². The van der Waals surface area contributed by atoms with Crippen LogP contribution in [-0.4, -0.2) is 37.1 Å². The topological polar surface area (TPSA) is 15.3 Å². The van der Waals surface area contributed by atoms with E-state index in [9.17, 15) is 0 Å². The lowest BCUT2D eigenvalue weighted by Crippen LogP contribution is -2.60. The van der Waals surface area contributed by atoms with Crippen molar-refractivity contribution in [3.05, 3.63) is 22.4 Å². The van der Waals surface area contributed by atoms with Crippen molar-refractivity contribution < 1.29 is 0 Å². The fourth-order valence-corrected chi connectivity index (χ4v) is 4.60. The summed E-state index contributed by atoms with van der Waals surface area (Å²) in [6.07, 6.45) is 10.6. The monoisotopic (exact) mass is 308 g/mol. The zero-order valence-corrected chi connectivity index (χ0v) is 14.8. The van der Waals surface area contributed by atoms with E-state index in [4.69, 9.17) is 0 Å². The highest BCUT2D eigenvalue weighted by atomic mass is 32.1. The Labute approximate surface area is 134 Å². The first-order valence-corrected chi connectivity index (χ1v) is 9.55. The molecule has 0 aliphatic heterocycles. The molecule has 1 aliphatic carbocycles. The van der Waals surface area contributed by atoms with Gasteiger partial charge in [-0.3, -0.25) is 0 Å². The Morgan fingerprint density at radius 1 is 1.29 bits per heavy atom. The fraction of sp³-hybridized carbons (Fsp3) is 0.778. The molecule has 1 N–H and O–H groups in total. The third kappa shape index (κ3) is 4.30. The van der Waals surface area contributed by atoms with Crippen molar-refractivity contribution >= 4 is 11.3 Å². The highest BCUT2D eigenvalue weighted by Gasteiger charge is 2.40. The summed E-state index contributed by atoms with van der Waals surface area (Å²) >= 11 is 1.82. The molecule has 0 amide bonds. The third-order valence-electron chi connectivity index (χ3n) is 5.20. The average molecular weight is 309 g/mol. The molecule has 21 heavy (non-hydrogen) atoms. The number of hydrogen-bond acceptors (Lipinski definition) is 3. The van der Waals surface area contributed by atoms with Crippen molar-refractivity contribution in [3.63, 3.8) is 0 Å². The van der Waals surface area contributed by atoms with Crippen LogP contribution >= 0.6 is 11.3 Å². The Hall–Kier alpha value is -0.380.